The Labute approximate surface area is 97.8 Å². The predicted octanol–water partition coefficient (Wildman–Crippen LogP) is 1.98. The fourth-order valence-electron chi connectivity index (χ4n) is 1.54. The summed E-state index contributed by atoms with van der Waals surface area (Å²) in [5, 5.41) is 0.636. The average molecular weight is 240 g/mol. The first-order valence-electron chi connectivity index (χ1n) is 4.73. The van der Waals surface area contributed by atoms with Crippen LogP contribution in [0.4, 0.5) is 0 Å². The largest absolute Gasteiger partial charge is 0.473 e. The summed E-state index contributed by atoms with van der Waals surface area (Å²) < 4.78 is 9.93. The van der Waals surface area contributed by atoms with Crippen molar-refractivity contribution < 1.29 is 14.3 Å². The van der Waals surface area contributed by atoms with Gasteiger partial charge in [0.15, 0.2) is 18.5 Å². The van der Waals surface area contributed by atoms with E-state index in [9.17, 15) is 4.79 Å². The quantitative estimate of drug-likeness (QED) is 0.742. The van der Waals surface area contributed by atoms with Crippen LogP contribution in [-0.2, 0) is 14.3 Å². The predicted molar refractivity (Wildman–Crippen MR) is 59.6 cm³/mol. The maximum absolute atomic E-state index is 11.4. The molecule has 1 aliphatic heterocycles. The zero-order chi connectivity index (χ0) is 11.5. The van der Waals surface area contributed by atoms with Crippen LogP contribution in [-0.4, -0.2) is 25.5 Å². The van der Waals surface area contributed by atoms with Gasteiger partial charge in [-0.1, -0.05) is 23.7 Å². The third-order valence-electron chi connectivity index (χ3n) is 2.36. The molecule has 0 saturated heterocycles. The molecule has 1 aliphatic rings. The Morgan fingerprint density at radius 1 is 1.44 bits per heavy atom. The molecule has 0 amide bonds. The lowest BCUT2D eigenvalue weighted by atomic mass is 10.0. The van der Waals surface area contributed by atoms with Crippen LogP contribution in [0.25, 0.3) is 0 Å². The highest BCUT2D eigenvalue weighted by atomic mass is 35.5. The van der Waals surface area contributed by atoms with Crippen molar-refractivity contribution >= 4 is 24.0 Å². The summed E-state index contributed by atoms with van der Waals surface area (Å²) in [6, 6.07) is 6.46. The van der Waals surface area contributed by atoms with Gasteiger partial charge >= 0.3 is 5.97 Å². The summed E-state index contributed by atoms with van der Waals surface area (Å²) in [4.78, 5) is 15.4. The highest BCUT2D eigenvalue weighted by Gasteiger charge is 2.34. The SMILES string of the molecule is COC(=O)[C@H]1N=CO[C@@H]1c1ccc(Cl)cc1. The van der Waals surface area contributed by atoms with Gasteiger partial charge in [0.1, 0.15) is 0 Å². The van der Waals surface area contributed by atoms with Crippen molar-refractivity contribution in [2.75, 3.05) is 7.11 Å². The first kappa shape index (κ1) is 11.0. The minimum absolute atomic E-state index is 0.409. The van der Waals surface area contributed by atoms with Gasteiger partial charge in [-0.3, -0.25) is 0 Å². The van der Waals surface area contributed by atoms with Gasteiger partial charge in [-0.25, -0.2) is 9.79 Å². The molecule has 16 heavy (non-hydrogen) atoms. The van der Waals surface area contributed by atoms with Gasteiger partial charge in [0.25, 0.3) is 0 Å². The minimum Gasteiger partial charge on any atom is -0.473 e. The number of hydrogen-bond acceptors (Lipinski definition) is 4. The monoisotopic (exact) mass is 239 g/mol. The molecular weight excluding hydrogens is 230 g/mol. The van der Waals surface area contributed by atoms with E-state index in [1.54, 1.807) is 24.3 Å². The molecule has 0 unspecified atom stereocenters. The Kier molecular flexibility index (Phi) is 3.10. The van der Waals surface area contributed by atoms with E-state index in [1.807, 2.05) is 0 Å². The molecule has 0 aliphatic carbocycles. The molecule has 0 saturated carbocycles. The number of benzene rings is 1. The third kappa shape index (κ3) is 2.02. The molecule has 4 nitrogen and oxygen atoms in total. The minimum atomic E-state index is -0.633. The van der Waals surface area contributed by atoms with Gasteiger partial charge in [-0.15, -0.1) is 0 Å². The molecule has 1 aromatic carbocycles. The molecular formula is C11H10ClNO3. The smallest absolute Gasteiger partial charge is 0.334 e. The Morgan fingerprint density at radius 2 is 2.12 bits per heavy atom. The lowest BCUT2D eigenvalue weighted by molar-refractivity contribution is -0.143. The van der Waals surface area contributed by atoms with Crippen molar-refractivity contribution in [2.45, 2.75) is 12.1 Å². The van der Waals surface area contributed by atoms with E-state index in [2.05, 4.69) is 9.73 Å². The lowest BCUT2D eigenvalue weighted by Gasteiger charge is -2.15. The molecule has 1 aromatic rings. The Hall–Kier alpha value is -1.55. The van der Waals surface area contributed by atoms with Crippen LogP contribution >= 0.6 is 11.6 Å². The van der Waals surface area contributed by atoms with Crippen LogP contribution < -0.4 is 0 Å². The molecule has 2 atom stereocenters. The van der Waals surface area contributed by atoms with Crippen LogP contribution in [0.1, 0.15) is 11.7 Å². The van der Waals surface area contributed by atoms with Gasteiger partial charge in [0, 0.05) is 5.02 Å². The van der Waals surface area contributed by atoms with E-state index in [0.29, 0.717) is 5.02 Å². The molecule has 1 heterocycles. The maximum Gasteiger partial charge on any atom is 0.334 e. The van der Waals surface area contributed by atoms with E-state index >= 15 is 0 Å². The van der Waals surface area contributed by atoms with Crippen LogP contribution in [0.3, 0.4) is 0 Å². The zero-order valence-corrected chi connectivity index (χ0v) is 9.35. The number of aliphatic imine (C=N–C) groups is 1. The van der Waals surface area contributed by atoms with Gasteiger partial charge in [-0.05, 0) is 17.7 Å². The van der Waals surface area contributed by atoms with Gasteiger partial charge in [0.05, 0.1) is 7.11 Å². The van der Waals surface area contributed by atoms with Crippen LogP contribution in [0, 0.1) is 0 Å². The first-order valence-corrected chi connectivity index (χ1v) is 5.10. The van der Waals surface area contributed by atoms with E-state index < -0.39 is 18.1 Å². The Balaban J connectivity index is 2.21. The number of hydrogen-bond donors (Lipinski definition) is 0. The van der Waals surface area contributed by atoms with Gasteiger partial charge in [0.2, 0.25) is 0 Å². The lowest BCUT2D eigenvalue weighted by Crippen LogP contribution is -2.25. The van der Waals surface area contributed by atoms with E-state index in [1.165, 1.54) is 13.5 Å². The van der Waals surface area contributed by atoms with E-state index in [-0.39, 0.29) is 0 Å². The second-order valence-corrected chi connectivity index (χ2v) is 3.77. The van der Waals surface area contributed by atoms with Crippen molar-refractivity contribution in [1.82, 2.24) is 0 Å². The molecule has 0 spiro atoms. The summed E-state index contributed by atoms with van der Waals surface area (Å²) in [5.41, 5.74) is 0.845. The number of carbonyl (C=O) groups is 1. The standard InChI is InChI=1S/C11H10ClNO3/c1-15-11(14)9-10(16-6-13-9)7-2-4-8(12)5-3-7/h2-6,9-10H,1H3/t9-,10+/m0/s1. The zero-order valence-electron chi connectivity index (χ0n) is 8.59. The normalized spacial score (nSPS) is 22.9. The maximum atomic E-state index is 11.4. The second kappa shape index (κ2) is 4.53. The van der Waals surface area contributed by atoms with Crippen molar-refractivity contribution in [3.8, 4) is 0 Å². The Bertz CT molecular complexity index is 416. The van der Waals surface area contributed by atoms with Crippen LogP contribution in [0.5, 0.6) is 0 Å². The van der Waals surface area contributed by atoms with Crippen molar-refractivity contribution in [1.29, 1.82) is 0 Å². The molecule has 0 bridgehead atoms. The first-order chi connectivity index (χ1) is 7.72. The summed E-state index contributed by atoms with van der Waals surface area (Å²) in [6.45, 7) is 0. The summed E-state index contributed by atoms with van der Waals surface area (Å²) in [7, 11) is 1.33. The molecule has 5 heteroatoms. The molecule has 0 radical (unpaired) electrons. The van der Waals surface area contributed by atoms with E-state index in [4.69, 9.17) is 16.3 Å². The van der Waals surface area contributed by atoms with E-state index in [0.717, 1.165) is 5.56 Å². The number of methoxy groups -OCH3 is 1. The molecule has 2 rings (SSSR count). The van der Waals surface area contributed by atoms with Crippen molar-refractivity contribution in [3.63, 3.8) is 0 Å². The molecule has 0 fully saturated rings. The number of rotatable bonds is 2. The number of nitrogens with zero attached hydrogens (tertiary/aromatic N) is 1. The van der Waals surface area contributed by atoms with Crippen LogP contribution in [0.15, 0.2) is 29.3 Å². The number of esters is 1. The Morgan fingerprint density at radius 3 is 2.75 bits per heavy atom. The van der Waals surface area contributed by atoms with Crippen molar-refractivity contribution in [3.05, 3.63) is 34.9 Å². The second-order valence-electron chi connectivity index (χ2n) is 3.33. The number of ether oxygens (including phenoxy) is 2. The molecule has 0 aromatic heterocycles. The topological polar surface area (TPSA) is 47.9 Å². The fourth-order valence-corrected chi connectivity index (χ4v) is 1.66. The van der Waals surface area contributed by atoms with Gasteiger partial charge < -0.3 is 9.47 Å². The van der Waals surface area contributed by atoms with Crippen LogP contribution in [0.2, 0.25) is 5.02 Å². The highest BCUT2D eigenvalue weighted by Crippen LogP contribution is 2.28. The summed E-state index contributed by atoms with van der Waals surface area (Å²) in [5.74, 6) is -0.409. The number of halogens is 1. The highest BCUT2D eigenvalue weighted by molar-refractivity contribution is 6.30. The summed E-state index contributed by atoms with van der Waals surface area (Å²) >= 11 is 5.78. The molecule has 0 N–H and O–H groups in total. The molecule has 84 valence electrons. The average Bonchev–Trinajstić information content (AvgIpc) is 2.78. The van der Waals surface area contributed by atoms with Crippen molar-refractivity contribution in [2.24, 2.45) is 4.99 Å². The van der Waals surface area contributed by atoms with Gasteiger partial charge in [-0.2, -0.15) is 0 Å². The third-order valence-corrected chi connectivity index (χ3v) is 2.61. The summed E-state index contributed by atoms with van der Waals surface area (Å²) in [6.07, 6.45) is 0.852. The fraction of sp³-hybridized carbons (Fsp3) is 0.273. The number of carbonyl (C=O) groups excluding carboxylic acids is 1.